The third kappa shape index (κ3) is 5.06. The number of aromatic nitrogens is 2. The molecule has 3 aromatic rings. The predicted octanol–water partition coefficient (Wildman–Crippen LogP) is 2.10. The van der Waals surface area contributed by atoms with Crippen molar-refractivity contribution in [3.05, 3.63) is 56.7 Å². The maximum Gasteiger partial charge on any atom is 0.291 e. The van der Waals surface area contributed by atoms with Gasteiger partial charge in [-0.1, -0.05) is 17.8 Å². The summed E-state index contributed by atoms with van der Waals surface area (Å²) < 4.78 is 16.1. The third-order valence-electron chi connectivity index (χ3n) is 4.23. The first-order valence-electron chi connectivity index (χ1n) is 9.13. The van der Waals surface area contributed by atoms with Gasteiger partial charge >= 0.3 is 0 Å². The number of hydrogen-bond donors (Lipinski definition) is 4. The molecule has 0 atom stereocenters. The van der Waals surface area contributed by atoms with E-state index in [0.29, 0.717) is 22.7 Å². The van der Waals surface area contributed by atoms with E-state index in [0.717, 1.165) is 17.3 Å². The van der Waals surface area contributed by atoms with Crippen molar-refractivity contribution < 1.29 is 23.5 Å². The van der Waals surface area contributed by atoms with Crippen LogP contribution in [0.1, 0.15) is 16.1 Å². The summed E-state index contributed by atoms with van der Waals surface area (Å²) in [6.45, 7) is 0.481. The number of aromatic amines is 1. The number of halogens is 1. The number of nitrogens with two attached hydrogens (primary N) is 1. The number of carbonyl (C=O) groups excluding carboxylic acids is 2. The van der Waals surface area contributed by atoms with Gasteiger partial charge in [-0.25, -0.2) is 4.98 Å². The largest absolute Gasteiger partial charge is 0.454 e. The number of ether oxygens (including phenoxy) is 2. The van der Waals surface area contributed by atoms with Crippen molar-refractivity contribution in [2.45, 2.75) is 11.7 Å². The molecule has 0 saturated carbocycles. The fraction of sp³-hybridized carbons (Fsp3) is 0.158. The van der Waals surface area contributed by atoms with E-state index in [1.807, 2.05) is 6.07 Å². The van der Waals surface area contributed by atoms with Gasteiger partial charge in [0, 0.05) is 6.54 Å². The summed E-state index contributed by atoms with van der Waals surface area (Å²) in [5, 5.41) is 5.28. The van der Waals surface area contributed by atoms with Gasteiger partial charge < -0.3 is 30.3 Å². The number of thioether (sulfide) groups is 1. The lowest BCUT2D eigenvalue weighted by atomic mass is 10.2. The van der Waals surface area contributed by atoms with E-state index < -0.39 is 11.5 Å². The first-order valence-corrected chi connectivity index (χ1v) is 10.9. The molecule has 4 rings (SSSR count). The van der Waals surface area contributed by atoms with E-state index in [2.05, 4.69) is 36.5 Å². The first-order chi connectivity index (χ1) is 15.4. The van der Waals surface area contributed by atoms with E-state index in [4.69, 9.17) is 19.6 Å². The van der Waals surface area contributed by atoms with Crippen molar-refractivity contribution in [2.24, 2.45) is 0 Å². The Morgan fingerprint density at radius 2 is 2.03 bits per heavy atom. The molecule has 1 aromatic carbocycles. The number of nitrogen functional groups attached to an aromatic ring is 1. The van der Waals surface area contributed by atoms with Crippen LogP contribution in [0.3, 0.4) is 0 Å². The molecule has 5 N–H and O–H groups in total. The molecule has 0 aliphatic carbocycles. The molecule has 3 heterocycles. The Kier molecular flexibility index (Phi) is 6.37. The molecule has 0 spiro atoms. The van der Waals surface area contributed by atoms with Gasteiger partial charge in [-0.05, 0) is 45.8 Å². The summed E-state index contributed by atoms with van der Waals surface area (Å²) in [4.78, 5) is 43.1. The minimum absolute atomic E-state index is 0.000933. The standard InChI is InChI=1S/C19H16BrN5O6S/c20-13-4-3-11(31-13)17(27)23-15-16(21)24-19(25-18(15)28)32-7-14(26)22-6-9-1-2-10-12(5-9)30-8-29-10/h1-5H,6-8H2,(H,22,26)(H,23,27)(H3,21,24,25,28). The average Bonchev–Trinajstić information content (AvgIpc) is 3.41. The lowest BCUT2D eigenvalue weighted by molar-refractivity contribution is -0.118. The normalized spacial score (nSPS) is 11.9. The van der Waals surface area contributed by atoms with Crippen LogP contribution in [0.25, 0.3) is 0 Å². The lowest BCUT2D eigenvalue weighted by Gasteiger charge is -2.08. The number of nitrogens with zero attached hydrogens (tertiary/aromatic N) is 1. The summed E-state index contributed by atoms with van der Waals surface area (Å²) in [6, 6.07) is 8.38. The lowest BCUT2D eigenvalue weighted by Crippen LogP contribution is -2.25. The monoisotopic (exact) mass is 521 g/mol. The second-order valence-electron chi connectivity index (χ2n) is 6.44. The molecule has 2 amide bonds. The van der Waals surface area contributed by atoms with Crippen LogP contribution in [-0.4, -0.2) is 34.3 Å². The van der Waals surface area contributed by atoms with Gasteiger partial charge in [-0.2, -0.15) is 0 Å². The smallest absolute Gasteiger partial charge is 0.291 e. The van der Waals surface area contributed by atoms with Crippen molar-refractivity contribution in [2.75, 3.05) is 23.6 Å². The van der Waals surface area contributed by atoms with Crippen molar-refractivity contribution in [3.8, 4) is 11.5 Å². The van der Waals surface area contributed by atoms with Crippen molar-refractivity contribution in [1.29, 1.82) is 0 Å². The topological polar surface area (TPSA) is 162 Å². The molecule has 1 aliphatic heterocycles. The number of amides is 2. The summed E-state index contributed by atoms with van der Waals surface area (Å²) in [5.74, 6) is 0.186. The number of benzene rings is 1. The Labute approximate surface area is 193 Å². The van der Waals surface area contributed by atoms with E-state index in [9.17, 15) is 14.4 Å². The molecular formula is C19H16BrN5O6S. The van der Waals surface area contributed by atoms with Gasteiger partial charge in [-0.3, -0.25) is 19.4 Å². The Morgan fingerprint density at radius 3 is 2.78 bits per heavy atom. The number of hydrogen-bond acceptors (Lipinski definition) is 9. The molecule has 0 bridgehead atoms. The summed E-state index contributed by atoms with van der Waals surface area (Å²) >= 11 is 4.09. The highest BCUT2D eigenvalue weighted by molar-refractivity contribution is 9.10. The number of nitrogens with one attached hydrogen (secondary N) is 3. The molecule has 13 heteroatoms. The SMILES string of the molecule is Nc1nc(SCC(=O)NCc2ccc3c(c2)OCO3)[nH]c(=O)c1NC(=O)c1ccc(Br)o1. The zero-order valence-electron chi connectivity index (χ0n) is 16.3. The average molecular weight is 522 g/mol. The van der Waals surface area contributed by atoms with Crippen LogP contribution >= 0.6 is 27.7 Å². The highest BCUT2D eigenvalue weighted by atomic mass is 79.9. The molecule has 0 unspecified atom stereocenters. The van der Waals surface area contributed by atoms with E-state index >= 15 is 0 Å². The molecule has 32 heavy (non-hydrogen) atoms. The Balaban J connectivity index is 1.31. The molecular weight excluding hydrogens is 506 g/mol. The van der Waals surface area contributed by atoms with Crippen LogP contribution < -0.4 is 31.4 Å². The minimum atomic E-state index is -0.655. The molecule has 2 aromatic heterocycles. The van der Waals surface area contributed by atoms with E-state index in [1.54, 1.807) is 12.1 Å². The van der Waals surface area contributed by atoms with Crippen LogP contribution in [0.2, 0.25) is 0 Å². The highest BCUT2D eigenvalue weighted by Gasteiger charge is 2.17. The van der Waals surface area contributed by atoms with Gasteiger partial charge in [-0.15, -0.1) is 0 Å². The second-order valence-corrected chi connectivity index (χ2v) is 8.19. The number of anilines is 2. The van der Waals surface area contributed by atoms with Crippen LogP contribution in [0.15, 0.2) is 49.4 Å². The van der Waals surface area contributed by atoms with Gasteiger partial charge in [0.25, 0.3) is 11.5 Å². The van der Waals surface area contributed by atoms with Gasteiger partial charge in [0.05, 0.1) is 5.75 Å². The fourth-order valence-corrected chi connectivity index (χ4v) is 3.71. The van der Waals surface area contributed by atoms with Crippen molar-refractivity contribution in [3.63, 3.8) is 0 Å². The zero-order valence-corrected chi connectivity index (χ0v) is 18.7. The number of rotatable bonds is 7. The van der Waals surface area contributed by atoms with Crippen LogP contribution in [0, 0.1) is 0 Å². The highest BCUT2D eigenvalue weighted by Crippen LogP contribution is 2.32. The Bertz CT molecular complexity index is 1240. The molecule has 11 nitrogen and oxygen atoms in total. The zero-order chi connectivity index (χ0) is 22.7. The third-order valence-corrected chi connectivity index (χ3v) is 5.53. The fourth-order valence-electron chi connectivity index (χ4n) is 2.71. The summed E-state index contributed by atoms with van der Waals surface area (Å²) in [6.07, 6.45) is 0. The van der Waals surface area contributed by atoms with Crippen LogP contribution in [0.4, 0.5) is 11.5 Å². The first kappa shape index (κ1) is 21.8. The van der Waals surface area contributed by atoms with Crippen LogP contribution in [-0.2, 0) is 11.3 Å². The van der Waals surface area contributed by atoms with Crippen molar-refractivity contribution >= 4 is 51.0 Å². The summed E-state index contributed by atoms with van der Waals surface area (Å²) in [7, 11) is 0. The van der Waals surface area contributed by atoms with E-state index in [1.165, 1.54) is 12.1 Å². The van der Waals surface area contributed by atoms with Crippen LogP contribution in [0.5, 0.6) is 11.5 Å². The molecule has 0 fully saturated rings. The number of H-pyrrole nitrogens is 1. The Hall–Kier alpha value is -3.45. The molecule has 0 radical (unpaired) electrons. The van der Waals surface area contributed by atoms with Gasteiger partial charge in [0.1, 0.15) is 0 Å². The number of fused-ring (bicyclic) bond motifs is 1. The number of carbonyl (C=O) groups is 2. The maximum absolute atomic E-state index is 12.3. The van der Waals surface area contributed by atoms with Gasteiger partial charge in [0.2, 0.25) is 12.7 Å². The number of furan rings is 1. The summed E-state index contributed by atoms with van der Waals surface area (Å²) in [5.41, 5.74) is 5.81. The maximum atomic E-state index is 12.3. The molecule has 166 valence electrons. The van der Waals surface area contributed by atoms with Gasteiger partial charge in [0.15, 0.2) is 38.6 Å². The minimum Gasteiger partial charge on any atom is -0.454 e. The second kappa shape index (κ2) is 9.36. The Morgan fingerprint density at radius 1 is 1.22 bits per heavy atom. The quantitative estimate of drug-likeness (QED) is 0.269. The predicted molar refractivity (Wildman–Crippen MR) is 119 cm³/mol. The van der Waals surface area contributed by atoms with E-state index in [-0.39, 0.29) is 40.9 Å². The van der Waals surface area contributed by atoms with Crippen molar-refractivity contribution in [1.82, 2.24) is 15.3 Å². The molecule has 1 aliphatic rings. The molecule has 0 saturated heterocycles.